The minimum Gasteiger partial charge on any atom is -0.493 e. The summed E-state index contributed by atoms with van der Waals surface area (Å²) in [6.07, 6.45) is 1.96. The van der Waals surface area contributed by atoms with Gasteiger partial charge in [-0.05, 0) is 25.8 Å². The van der Waals surface area contributed by atoms with Gasteiger partial charge in [0.05, 0.1) is 39.9 Å². The third-order valence-electron chi connectivity index (χ3n) is 5.38. The molecule has 2 aliphatic rings. The van der Waals surface area contributed by atoms with Crippen LogP contribution in [0, 0.1) is 5.92 Å². The summed E-state index contributed by atoms with van der Waals surface area (Å²) in [5, 5.41) is 0. The summed E-state index contributed by atoms with van der Waals surface area (Å²) in [5.41, 5.74) is 2.42. The van der Waals surface area contributed by atoms with Crippen molar-refractivity contribution in [3.63, 3.8) is 0 Å². The second kappa shape index (κ2) is 8.04. The zero-order chi connectivity index (χ0) is 20.4. The van der Waals surface area contributed by atoms with Gasteiger partial charge in [-0.25, -0.2) is 4.79 Å². The maximum absolute atomic E-state index is 12.9. The normalized spacial score (nSPS) is 21.6. The number of benzene rings is 1. The number of allylic oxidation sites excluding steroid dienone is 1. The van der Waals surface area contributed by atoms with Crippen molar-refractivity contribution in [1.82, 2.24) is 0 Å². The van der Waals surface area contributed by atoms with Gasteiger partial charge in [-0.2, -0.15) is 0 Å². The Balaban J connectivity index is 2.28. The molecule has 0 radical (unpaired) electrons. The predicted molar refractivity (Wildman–Crippen MR) is 103 cm³/mol. The fourth-order valence-corrected chi connectivity index (χ4v) is 4.20. The Kier molecular flexibility index (Phi) is 5.72. The first-order valence-electron chi connectivity index (χ1n) is 9.16. The molecule has 150 valence electrons. The van der Waals surface area contributed by atoms with Gasteiger partial charge in [-0.15, -0.1) is 0 Å². The summed E-state index contributed by atoms with van der Waals surface area (Å²) in [5.74, 6) is -0.150. The minimum absolute atomic E-state index is 0.0701. The summed E-state index contributed by atoms with van der Waals surface area (Å²) < 4.78 is 21.5. The molecule has 0 aromatic heterocycles. The molecule has 1 saturated carbocycles. The van der Waals surface area contributed by atoms with Crippen LogP contribution in [0.4, 0.5) is 0 Å². The maximum atomic E-state index is 12.9. The van der Waals surface area contributed by atoms with Gasteiger partial charge in [0, 0.05) is 29.3 Å². The third kappa shape index (κ3) is 3.15. The SMILES string of the molecule is COC(=O)C1=C(C)N=C2CCCC(=O)C2C1c1ccc(OC)c(OC)c1OC. The Bertz CT molecular complexity index is 870. The van der Waals surface area contributed by atoms with Gasteiger partial charge in [0.2, 0.25) is 5.75 Å². The van der Waals surface area contributed by atoms with Crippen LogP contribution in [-0.2, 0) is 14.3 Å². The Morgan fingerprint density at radius 3 is 2.32 bits per heavy atom. The van der Waals surface area contributed by atoms with Crippen molar-refractivity contribution in [1.29, 1.82) is 0 Å². The second-order valence-corrected chi connectivity index (χ2v) is 6.79. The van der Waals surface area contributed by atoms with Gasteiger partial charge >= 0.3 is 5.97 Å². The lowest BCUT2D eigenvalue weighted by molar-refractivity contribution is -0.136. The zero-order valence-corrected chi connectivity index (χ0v) is 16.8. The van der Waals surface area contributed by atoms with E-state index in [0.29, 0.717) is 40.5 Å². The number of rotatable bonds is 5. The van der Waals surface area contributed by atoms with Gasteiger partial charge in [0.15, 0.2) is 11.5 Å². The molecule has 3 rings (SSSR count). The van der Waals surface area contributed by atoms with Crippen molar-refractivity contribution < 1.29 is 28.5 Å². The Morgan fingerprint density at radius 2 is 1.71 bits per heavy atom. The van der Waals surface area contributed by atoms with E-state index < -0.39 is 17.8 Å². The van der Waals surface area contributed by atoms with E-state index in [-0.39, 0.29) is 5.78 Å². The number of aliphatic imine (C=N–C) groups is 1. The highest BCUT2D eigenvalue weighted by Gasteiger charge is 2.45. The number of carbonyl (C=O) groups excluding carboxylic acids is 2. The highest BCUT2D eigenvalue weighted by atomic mass is 16.5. The van der Waals surface area contributed by atoms with Crippen LogP contribution >= 0.6 is 0 Å². The number of Topliss-reactive ketones (excluding diaryl/α,β-unsaturated/α-hetero) is 1. The lowest BCUT2D eigenvalue weighted by atomic mass is 9.69. The molecule has 7 heteroatoms. The number of fused-ring (bicyclic) bond motifs is 1. The van der Waals surface area contributed by atoms with Crippen molar-refractivity contribution in [2.45, 2.75) is 32.1 Å². The number of esters is 1. The van der Waals surface area contributed by atoms with Crippen LogP contribution in [0.5, 0.6) is 17.2 Å². The summed E-state index contributed by atoms with van der Waals surface area (Å²) >= 11 is 0. The highest BCUT2D eigenvalue weighted by molar-refractivity contribution is 6.11. The van der Waals surface area contributed by atoms with E-state index in [2.05, 4.69) is 4.99 Å². The standard InChI is InChI=1S/C21H25NO6/c1-11-16(21(24)28-5)17(18-13(22-11)7-6-8-14(18)23)12-9-10-15(25-2)20(27-4)19(12)26-3/h9-10,17-18H,6-8H2,1-5H3. The van der Waals surface area contributed by atoms with Crippen molar-refractivity contribution in [2.24, 2.45) is 10.9 Å². The largest absolute Gasteiger partial charge is 0.493 e. The van der Waals surface area contributed by atoms with E-state index in [0.717, 1.165) is 18.6 Å². The molecule has 1 aromatic carbocycles. The van der Waals surface area contributed by atoms with Crippen LogP contribution in [-0.4, -0.2) is 45.9 Å². The first kappa shape index (κ1) is 19.9. The quantitative estimate of drug-likeness (QED) is 0.722. The van der Waals surface area contributed by atoms with Gasteiger partial charge in [0.1, 0.15) is 5.78 Å². The molecule has 1 heterocycles. The van der Waals surface area contributed by atoms with Gasteiger partial charge in [-0.3, -0.25) is 9.79 Å². The van der Waals surface area contributed by atoms with Crippen molar-refractivity contribution in [3.8, 4) is 17.2 Å². The summed E-state index contributed by atoms with van der Waals surface area (Å²) in [6.45, 7) is 1.77. The minimum atomic E-state index is -0.553. The molecule has 28 heavy (non-hydrogen) atoms. The molecule has 0 spiro atoms. The fourth-order valence-electron chi connectivity index (χ4n) is 4.20. The van der Waals surface area contributed by atoms with Crippen LogP contribution in [0.25, 0.3) is 0 Å². The molecular formula is C21H25NO6. The average Bonchev–Trinajstić information content (AvgIpc) is 2.71. The second-order valence-electron chi connectivity index (χ2n) is 6.79. The van der Waals surface area contributed by atoms with Crippen molar-refractivity contribution in [2.75, 3.05) is 28.4 Å². The first-order chi connectivity index (χ1) is 13.5. The number of carbonyl (C=O) groups is 2. The third-order valence-corrected chi connectivity index (χ3v) is 5.38. The number of nitrogens with zero attached hydrogens (tertiary/aromatic N) is 1. The number of ether oxygens (including phenoxy) is 4. The van der Waals surface area contributed by atoms with Gasteiger partial charge in [0.25, 0.3) is 0 Å². The number of hydrogen-bond acceptors (Lipinski definition) is 7. The molecule has 1 fully saturated rings. The Morgan fingerprint density at radius 1 is 1.00 bits per heavy atom. The molecule has 0 saturated heterocycles. The monoisotopic (exact) mass is 387 g/mol. The average molecular weight is 387 g/mol. The van der Waals surface area contributed by atoms with Crippen LogP contribution in [0.1, 0.15) is 37.7 Å². The number of ketones is 1. The fraction of sp³-hybridized carbons (Fsp3) is 0.476. The molecule has 0 amide bonds. The van der Waals surface area contributed by atoms with E-state index in [4.69, 9.17) is 18.9 Å². The topological polar surface area (TPSA) is 83.4 Å². The lowest BCUT2D eigenvalue weighted by Crippen LogP contribution is -2.39. The Labute approximate surface area is 164 Å². The molecule has 1 aromatic rings. The van der Waals surface area contributed by atoms with Crippen LogP contribution in [0.15, 0.2) is 28.4 Å². The van der Waals surface area contributed by atoms with Gasteiger partial charge in [-0.1, -0.05) is 6.07 Å². The molecule has 2 atom stereocenters. The summed E-state index contributed by atoms with van der Waals surface area (Å²) in [4.78, 5) is 30.2. The van der Waals surface area contributed by atoms with Crippen LogP contribution < -0.4 is 14.2 Å². The van der Waals surface area contributed by atoms with E-state index in [1.807, 2.05) is 6.07 Å². The van der Waals surface area contributed by atoms with Crippen LogP contribution in [0.3, 0.4) is 0 Å². The van der Waals surface area contributed by atoms with Crippen molar-refractivity contribution in [3.05, 3.63) is 29.0 Å². The number of hydrogen-bond donors (Lipinski definition) is 0. The lowest BCUT2D eigenvalue weighted by Gasteiger charge is -2.36. The predicted octanol–water partition coefficient (Wildman–Crippen LogP) is 3.07. The highest BCUT2D eigenvalue weighted by Crippen LogP contribution is 2.50. The molecule has 0 bridgehead atoms. The van der Waals surface area contributed by atoms with Crippen LogP contribution in [0.2, 0.25) is 0 Å². The zero-order valence-electron chi connectivity index (χ0n) is 16.8. The van der Waals surface area contributed by atoms with Crippen molar-refractivity contribution >= 4 is 17.5 Å². The van der Waals surface area contributed by atoms with E-state index in [9.17, 15) is 9.59 Å². The van der Waals surface area contributed by atoms with Gasteiger partial charge < -0.3 is 18.9 Å². The molecule has 2 unspecified atom stereocenters. The van der Waals surface area contributed by atoms with E-state index >= 15 is 0 Å². The number of methoxy groups -OCH3 is 4. The molecule has 7 nitrogen and oxygen atoms in total. The first-order valence-corrected chi connectivity index (χ1v) is 9.16. The summed E-state index contributed by atoms with van der Waals surface area (Å²) in [6, 6.07) is 3.56. The van der Waals surface area contributed by atoms with E-state index in [1.165, 1.54) is 28.4 Å². The summed E-state index contributed by atoms with van der Waals surface area (Å²) in [7, 11) is 5.91. The maximum Gasteiger partial charge on any atom is 0.336 e. The smallest absolute Gasteiger partial charge is 0.336 e. The molecule has 1 aliphatic carbocycles. The molecular weight excluding hydrogens is 362 g/mol. The Hall–Kier alpha value is -2.83. The molecule has 0 N–H and O–H groups in total. The van der Waals surface area contributed by atoms with E-state index in [1.54, 1.807) is 13.0 Å². The molecule has 1 aliphatic heterocycles.